The molecule has 1 spiro atoms. The quantitative estimate of drug-likeness (QED) is 0.818. The topological polar surface area (TPSA) is 88.9 Å². The number of ketones is 1. The van der Waals surface area contributed by atoms with E-state index in [9.17, 15) is 14.4 Å². The fourth-order valence-corrected chi connectivity index (χ4v) is 5.12. The fraction of sp³-hybridized carbons (Fsp3) is 0.458. The van der Waals surface area contributed by atoms with Crippen LogP contribution in [0.25, 0.3) is 0 Å². The molecule has 7 nitrogen and oxygen atoms in total. The van der Waals surface area contributed by atoms with E-state index in [1.807, 2.05) is 23.1 Å². The normalized spacial score (nSPS) is 24.4. The number of rotatable bonds is 4. The van der Waals surface area contributed by atoms with Crippen molar-refractivity contribution < 1.29 is 23.5 Å². The Hall–Kier alpha value is -2.93. The molecule has 0 bridgehead atoms. The third-order valence-electron chi connectivity index (χ3n) is 6.92. The maximum absolute atomic E-state index is 12.7. The van der Waals surface area contributed by atoms with Crippen LogP contribution in [0.5, 0.6) is 0 Å². The van der Waals surface area contributed by atoms with Gasteiger partial charge in [0.25, 0.3) is 5.91 Å². The number of amides is 2. The minimum absolute atomic E-state index is 0.00296. The van der Waals surface area contributed by atoms with Gasteiger partial charge in [-0.2, -0.15) is 0 Å². The summed E-state index contributed by atoms with van der Waals surface area (Å²) in [5.41, 5.74) is 1.85. The second-order valence-electron chi connectivity index (χ2n) is 8.78. The molecule has 2 aliphatic heterocycles. The third-order valence-corrected chi connectivity index (χ3v) is 6.92. The zero-order valence-corrected chi connectivity index (χ0v) is 17.3. The SMILES string of the molecule is O=C1C[C@@H](C(=O)NC[C@H]2CCC3(CCN(C(=O)c4ccoc4)CC3)O2)c2ccccc21. The van der Waals surface area contributed by atoms with Crippen molar-refractivity contribution in [1.29, 1.82) is 0 Å². The summed E-state index contributed by atoms with van der Waals surface area (Å²) in [5.74, 6) is -0.486. The van der Waals surface area contributed by atoms with Crippen molar-refractivity contribution in [2.45, 2.75) is 49.7 Å². The van der Waals surface area contributed by atoms with Crippen LogP contribution in [0.1, 0.15) is 64.3 Å². The van der Waals surface area contributed by atoms with Gasteiger partial charge in [-0.05, 0) is 37.3 Å². The number of nitrogens with zero attached hydrogens (tertiary/aromatic N) is 1. The molecule has 5 rings (SSSR count). The number of hydrogen-bond acceptors (Lipinski definition) is 5. The van der Waals surface area contributed by atoms with Crippen LogP contribution >= 0.6 is 0 Å². The molecule has 2 fully saturated rings. The van der Waals surface area contributed by atoms with E-state index >= 15 is 0 Å². The fourth-order valence-electron chi connectivity index (χ4n) is 5.12. The number of fused-ring (bicyclic) bond motifs is 1. The highest BCUT2D eigenvalue weighted by Crippen LogP contribution is 2.39. The standard InChI is InChI=1S/C24H26N2O5/c27-21-13-20(18-3-1-2-4-19(18)21)22(28)25-14-17-5-7-24(31-17)8-10-26(11-9-24)23(29)16-6-12-30-15-16/h1-4,6,12,15,17,20H,5,7-11,13-14H2,(H,25,28)/t17-,20-/m1/s1. The summed E-state index contributed by atoms with van der Waals surface area (Å²) in [7, 11) is 0. The van der Waals surface area contributed by atoms with E-state index in [1.165, 1.54) is 12.5 Å². The molecule has 0 radical (unpaired) electrons. The number of Topliss-reactive ketones (excluding diaryl/α,β-unsaturated/α-hetero) is 1. The van der Waals surface area contributed by atoms with Crippen molar-refractivity contribution >= 4 is 17.6 Å². The van der Waals surface area contributed by atoms with E-state index in [4.69, 9.17) is 9.15 Å². The highest BCUT2D eigenvalue weighted by molar-refractivity contribution is 6.06. The van der Waals surface area contributed by atoms with E-state index in [-0.39, 0.29) is 35.7 Å². The van der Waals surface area contributed by atoms with Gasteiger partial charge in [-0.15, -0.1) is 0 Å². The largest absolute Gasteiger partial charge is 0.472 e. The summed E-state index contributed by atoms with van der Waals surface area (Å²) in [6.45, 7) is 1.76. The minimum Gasteiger partial charge on any atom is -0.472 e. The molecule has 0 saturated carbocycles. The van der Waals surface area contributed by atoms with Crippen LogP contribution in [0.4, 0.5) is 0 Å². The first-order valence-electron chi connectivity index (χ1n) is 10.9. The molecule has 162 valence electrons. The van der Waals surface area contributed by atoms with Crippen molar-refractivity contribution in [3.05, 3.63) is 59.5 Å². The summed E-state index contributed by atoms with van der Waals surface area (Å²) >= 11 is 0. The van der Waals surface area contributed by atoms with E-state index < -0.39 is 5.92 Å². The van der Waals surface area contributed by atoms with Gasteiger partial charge in [-0.25, -0.2) is 0 Å². The van der Waals surface area contributed by atoms with Gasteiger partial charge in [0, 0.05) is 31.6 Å². The molecule has 1 aliphatic carbocycles. The number of benzene rings is 1. The van der Waals surface area contributed by atoms with Gasteiger partial charge in [-0.1, -0.05) is 24.3 Å². The van der Waals surface area contributed by atoms with Crippen molar-refractivity contribution in [2.75, 3.05) is 19.6 Å². The molecular formula is C24H26N2O5. The average molecular weight is 422 g/mol. The Morgan fingerprint density at radius 2 is 1.94 bits per heavy atom. The molecule has 1 N–H and O–H groups in total. The van der Waals surface area contributed by atoms with Crippen LogP contribution in [-0.2, 0) is 9.53 Å². The number of carbonyl (C=O) groups is 3. The first-order valence-corrected chi connectivity index (χ1v) is 10.9. The smallest absolute Gasteiger partial charge is 0.257 e. The zero-order chi connectivity index (χ0) is 21.4. The number of carbonyl (C=O) groups excluding carboxylic acids is 3. The van der Waals surface area contributed by atoms with Crippen molar-refractivity contribution in [3.8, 4) is 0 Å². The van der Waals surface area contributed by atoms with Gasteiger partial charge < -0.3 is 19.4 Å². The average Bonchev–Trinajstić information content (AvgIpc) is 3.53. The molecule has 1 aromatic heterocycles. The van der Waals surface area contributed by atoms with Crippen LogP contribution in [0.3, 0.4) is 0 Å². The van der Waals surface area contributed by atoms with E-state index in [2.05, 4.69) is 5.32 Å². The first-order chi connectivity index (χ1) is 15.0. The molecule has 2 aromatic rings. The molecule has 3 heterocycles. The van der Waals surface area contributed by atoms with Crippen molar-refractivity contribution in [3.63, 3.8) is 0 Å². The lowest BCUT2D eigenvalue weighted by molar-refractivity contribution is -0.124. The second-order valence-corrected chi connectivity index (χ2v) is 8.78. The molecule has 7 heteroatoms. The lowest BCUT2D eigenvalue weighted by Gasteiger charge is -2.39. The van der Waals surface area contributed by atoms with E-state index in [0.717, 1.165) is 31.2 Å². The molecule has 31 heavy (non-hydrogen) atoms. The van der Waals surface area contributed by atoms with Crippen LogP contribution in [0.2, 0.25) is 0 Å². The van der Waals surface area contributed by atoms with Crippen LogP contribution in [0.15, 0.2) is 47.3 Å². The van der Waals surface area contributed by atoms with Crippen LogP contribution in [-0.4, -0.2) is 53.8 Å². The predicted octanol–water partition coefficient (Wildman–Crippen LogP) is 2.92. The Labute approximate surface area is 180 Å². The molecule has 2 amide bonds. The predicted molar refractivity (Wildman–Crippen MR) is 112 cm³/mol. The second kappa shape index (κ2) is 7.96. The molecule has 2 atom stereocenters. The monoisotopic (exact) mass is 422 g/mol. The Morgan fingerprint density at radius 3 is 2.71 bits per heavy atom. The molecule has 2 saturated heterocycles. The number of piperidine rings is 1. The van der Waals surface area contributed by atoms with Gasteiger partial charge in [0.05, 0.1) is 29.4 Å². The van der Waals surface area contributed by atoms with Crippen LogP contribution in [0, 0.1) is 0 Å². The number of ether oxygens (including phenoxy) is 1. The van der Waals surface area contributed by atoms with Gasteiger partial charge in [-0.3, -0.25) is 14.4 Å². The maximum atomic E-state index is 12.7. The lowest BCUT2D eigenvalue weighted by atomic mass is 9.88. The summed E-state index contributed by atoms with van der Waals surface area (Å²) in [4.78, 5) is 39.2. The van der Waals surface area contributed by atoms with E-state index in [1.54, 1.807) is 12.1 Å². The van der Waals surface area contributed by atoms with Crippen LogP contribution < -0.4 is 5.32 Å². The number of hydrogen-bond donors (Lipinski definition) is 1. The van der Waals surface area contributed by atoms with Gasteiger partial charge >= 0.3 is 0 Å². The third kappa shape index (κ3) is 3.78. The highest BCUT2D eigenvalue weighted by atomic mass is 16.5. The maximum Gasteiger partial charge on any atom is 0.257 e. The summed E-state index contributed by atoms with van der Waals surface area (Å²) in [5, 5.41) is 3.00. The van der Waals surface area contributed by atoms with Gasteiger partial charge in [0.2, 0.25) is 5.91 Å². The zero-order valence-electron chi connectivity index (χ0n) is 17.3. The Kier molecular flexibility index (Phi) is 5.14. The molecule has 0 unspecified atom stereocenters. The number of nitrogens with one attached hydrogen (secondary N) is 1. The highest BCUT2D eigenvalue weighted by Gasteiger charge is 2.43. The Morgan fingerprint density at radius 1 is 1.13 bits per heavy atom. The molecule has 3 aliphatic rings. The Balaban J connectivity index is 1.12. The number of likely N-dealkylation sites (tertiary alicyclic amines) is 1. The Bertz CT molecular complexity index is 991. The summed E-state index contributed by atoms with van der Waals surface area (Å²) in [6, 6.07) is 9.04. The van der Waals surface area contributed by atoms with Gasteiger partial charge in [0.15, 0.2) is 5.78 Å². The van der Waals surface area contributed by atoms with E-state index in [0.29, 0.717) is 30.8 Å². The molecule has 1 aromatic carbocycles. The summed E-state index contributed by atoms with van der Waals surface area (Å²) < 4.78 is 11.4. The van der Waals surface area contributed by atoms with Gasteiger partial charge in [0.1, 0.15) is 6.26 Å². The van der Waals surface area contributed by atoms with Crippen molar-refractivity contribution in [1.82, 2.24) is 10.2 Å². The number of furan rings is 1. The molecular weight excluding hydrogens is 396 g/mol. The minimum atomic E-state index is -0.406. The van der Waals surface area contributed by atoms with Crippen molar-refractivity contribution in [2.24, 2.45) is 0 Å². The lowest BCUT2D eigenvalue weighted by Crippen LogP contribution is -2.47. The summed E-state index contributed by atoms with van der Waals surface area (Å²) in [6.07, 6.45) is 6.61. The first kappa shape index (κ1) is 20.0.